The third kappa shape index (κ3) is 10.1. The van der Waals surface area contributed by atoms with Crippen molar-refractivity contribution in [2.24, 2.45) is 5.41 Å². The van der Waals surface area contributed by atoms with Gasteiger partial charge in [0.25, 0.3) is 0 Å². The van der Waals surface area contributed by atoms with E-state index in [4.69, 9.17) is 10.2 Å². The van der Waals surface area contributed by atoms with Crippen molar-refractivity contribution in [2.45, 2.75) is 32.1 Å². The Kier molecular flexibility index (Phi) is 10.8. The Hall–Kier alpha value is -3.44. The third-order valence-electron chi connectivity index (χ3n) is 5.59. The van der Waals surface area contributed by atoms with Crippen molar-refractivity contribution >= 4 is 11.9 Å². The van der Waals surface area contributed by atoms with Gasteiger partial charge in [0, 0.05) is 18.1 Å². The summed E-state index contributed by atoms with van der Waals surface area (Å²) in [6.45, 7) is 4.47. The van der Waals surface area contributed by atoms with Crippen LogP contribution in [0.15, 0.2) is 97.1 Å². The van der Waals surface area contributed by atoms with E-state index >= 15 is 0 Å². The number of hydrogen-bond donors (Lipinski definition) is 3. The summed E-state index contributed by atoms with van der Waals surface area (Å²) in [4.78, 5) is 19.1. The lowest BCUT2D eigenvalue weighted by molar-refractivity contribution is -0.134. The predicted octanol–water partition coefficient (Wildman–Crippen LogP) is 5.42. The minimum atomic E-state index is -1.26. The second-order valence-electron chi connectivity index (χ2n) is 8.32. The van der Waals surface area contributed by atoms with Crippen LogP contribution in [0.4, 0.5) is 0 Å². The molecular weight excluding hydrogens is 414 g/mol. The molecule has 0 heterocycles. The van der Waals surface area contributed by atoms with Gasteiger partial charge in [0.05, 0.1) is 0 Å². The first-order valence-corrected chi connectivity index (χ1v) is 11.2. The molecule has 33 heavy (non-hydrogen) atoms. The average molecular weight is 448 g/mol. The summed E-state index contributed by atoms with van der Waals surface area (Å²) in [6, 6.07) is 21.7. The van der Waals surface area contributed by atoms with Crippen LogP contribution in [-0.2, 0) is 9.59 Å². The van der Waals surface area contributed by atoms with Crippen molar-refractivity contribution in [3.63, 3.8) is 0 Å². The van der Waals surface area contributed by atoms with Crippen LogP contribution in [-0.4, -0.2) is 35.2 Å². The van der Waals surface area contributed by atoms with Crippen LogP contribution in [0.5, 0.6) is 0 Å². The number of hydrogen-bond acceptors (Lipinski definition) is 3. The Morgan fingerprint density at radius 3 is 1.91 bits per heavy atom. The fourth-order valence-corrected chi connectivity index (χ4v) is 3.74. The standard InChI is InChI=1S/C24H29N.C4H4O4/c1-24(16-9-4-10-17-24)18-20-25-19-15-23(21-11-5-2-6-12-21)22-13-7-3-8-14-22;5-3(6)1-2-4(7)8/h2-14,16,23,25H,15,17-20H2,1H3;1-2H,(H,5,6)(H,7,8)/b;2-1+. The summed E-state index contributed by atoms with van der Waals surface area (Å²) in [5.74, 6) is -2.05. The number of carbonyl (C=O) groups is 2. The predicted molar refractivity (Wildman–Crippen MR) is 132 cm³/mol. The Labute approximate surface area is 196 Å². The quantitative estimate of drug-likeness (QED) is 0.334. The van der Waals surface area contributed by atoms with Gasteiger partial charge in [-0.2, -0.15) is 0 Å². The zero-order valence-electron chi connectivity index (χ0n) is 19.1. The zero-order chi connectivity index (χ0) is 23.9. The van der Waals surface area contributed by atoms with E-state index in [2.05, 4.69) is 97.2 Å². The Morgan fingerprint density at radius 1 is 0.909 bits per heavy atom. The van der Waals surface area contributed by atoms with E-state index in [1.54, 1.807) is 0 Å². The van der Waals surface area contributed by atoms with Gasteiger partial charge >= 0.3 is 11.9 Å². The van der Waals surface area contributed by atoms with Gasteiger partial charge in [-0.1, -0.05) is 91.9 Å². The molecule has 0 radical (unpaired) electrons. The molecule has 3 N–H and O–H groups in total. The monoisotopic (exact) mass is 447 g/mol. The number of rotatable bonds is 10. The van der Waals surface area contributed by atoms with Crippen molar-refractivity contribution in [3.8, 4) is 0 Å². The molecule has 1 atom stereocenters. The molecule has 0 aromatic heterocycles. The lowest BCUT2D eigenvalue weighted by Crippen LogP contribution is -2.25. The van der Waals surface area contributed by atoms with Crippen LogP contribution < -0.4 is 5.32 Å². The van der Waals surface area contributed by atoms with E-state index in [1.165, 1.54) is 17.5 Å². The zero-order valence-corrected chi connectivity index (χ0v) is 19.1. The van der Waals surface area contributed by atoms with E-state index < -0.39 is 11.9 Å². The van der Waals surface area contributed by atoms with Crippen LogP contribution in [0.2, 0.25) is 0 Å². The summed E-state index contributed by atoms with van der Waals surface area (Å²) >= 11 is 0. The number of benzene rings is 2. The molecular formula is C28H33NO4. The number of allylic oxidation sites excluding steroid dienone is 4. The molecule has 5 nitrogen and oxygen atoms in total. The molecule has 0 saturated heterocycles. The molecule has 3 rings (SSSR count). The van der Waals surface area contributed by atoms with E-state index in [1.807, 2.05) is 0 Å². The highest BCUT2D eigenvalue weighted by atomic mass is 16.4. The molecule has 0 fully saturated rings. The minimum absolute atomic E-state index is 0.319. The average Bonchev–Trinajstić information content (AvgIpc) is 2.82. The summed E-state index contributed by atoms with van der Waals surface area (Å²) in [5.41, 5.74) is 3.13. The fourth-order valence-electron chi connectivity index (χ4n) is 3.74. The summed E-state index contributed by atoms with van der Waals surface area (Å²) in [5, 5.41) is 19.3. The molecule has 174 valence electrons. The molecule has 0 aliphatic heterocycles. The molecule has 1 aliphatic rings. The highest BCUT2D eigenvalue weighted by Crippen LogP contribution is 2.30. The summed E-state index contributed by atoms with van der Waals surface area (Å²) < 4.78 is 0. The van der Waals surface area contributed by atoms with Crippen molar-refractivity contribution < 1.29 is 19.8 Å². The maximum atomic E-state index is 9.55. The lowest BCUT2D eigenvalue weighted by Gasteiger charge is -2.26. The van der Waals surface area contributed by atoms with E-state index in [0.29, 0.717) is 23.5 Å². The van der Waals surface area contributed by atoms with Gasteiger partial charge in [0.15, 0.2) is 0 Å². The fraction of sp³-hybridized carbons (Fsp3) is 0.286. The van der Waals surface area contributed by atoms with Gasteiger partial charge in [-0.25, -0.2) is 9.59 Å². The van der Waals surface area contributed by atoms with E-state index in [0.717, 1.165) is 25.9 Å². The van der Waals surface area contributed by atoms with Crippen LogP contribution in [0, 0.1) is 5.41 Å². The first kappa shape index (κ1) is 25.8. The lowest BCUT2D eigenvalue weighted by atomic mass is 9.81. The molecule has 0 spiro atoms. The molecule has 0 bridgehead atoms. The van der Waals surface area contributed by atoms with Crippen LogP contribution in [0.25, 0.3) is 0 Å². The smallest absolute Gasteiger partial charge is 0.328 e. The Bertz CT molecular complexity index is 895. The molecule has 5 heteroatoms. The second kappa shape index (κ2) is 13.9. The number of carboxylic acids is 2. The Balaban J connectivity index is 0.000000414. The van der Waals surface area contributed by atoms with Crippen molar-refractivity contribution in [1.82, 2.24) is 5.32 Å². The summed E-state index contributed by atoms with van der Waals surface area (Å²) in [7, 11) is 0. The van der Waals surface area contributed by atoms with Gasteiger partial charge in [0.1, 0.15) is 0 Å². The van der Waals surface area contributed by atoms with E-state index in [9.17, 15) is 9.59 Å². The van der Waals surface area contributed by atoms with Crippen LogP contribution in [0.3, 0.4) is 0 Å². The molecule has 2 aromatic rings. The largest absolute Gasteiger partial charge is 0.478 e. The molecule has 1 aliphatic carbocycles. The number of nitrogens with one attached hydrogen (secondary N) is 1. The summed E-state index contributed by atoms with van der Waals surface area (Å²) in [6.07, 6.45) is 13.6. The molecule has 0 saturated carbocycles. The third-order valence-corrected chi connectivity index (χ3v) is 5.59. The van der Waals surface area contributed by atoms with Gasteiger partial charge in [-0.15, -0.1) is 0 Å². The highest BCUT2D eigenvalue weighted by molar-refractivity contribution is 5.89. The maximum Gasteiger partial charge on any atom is 0.328 e. The van der Waals surface area contributed by atoms with Gasteiger partial charge in [0.2, 0.25) is 0 Å². The molecule has 1 unspecified atom stereocenters. The van der Waals surface area contributed by atoms with Crippen molar-refractivity contribution in [1.29, 1.82) is 0 Å². The minimum Gasteiger partial charge on any atom is -0.478 e. The highest BCUT2D eigenvalue weighted by Gasteiger charge is 2.20. The second-order valence-corrected chi connectivity index (χ2v) is 8.32. The topological polar surface area (TPSA) is 86.6 Å². The van der Waals surface area contributed by atoms with Crippen molar-refractivity contribution in [3.05, 3.63) is 108 Å². The van der Waals surface area contributed by atoms with Gasteiger partial charge in [-0.3, -0.25) is 0 Å². The van der Waals surface area contributed by atoms with Gasteiger partial charge in [-0.05, 0) is 48.9 Å². The van der Waals surface area contributed by atoms with Crippen LogP contribution >= 0.6 is 0 Å². The molecule has 0 amide bonds. The number of carboxylic acid groups (broad SMARTS) is 2. The van der Waals surface area contributed by atoms with Crippen LogP contribution in [0.1, 0.15) is 43.2 Å². The molecule has 2 aromatic carbocycles. The Morgan fingerprint density at radius 2 is 1.45 bits per heavy atom. The van der Waals surface area contributed by atoms with Crippen molar-refractivity contribution in [2.75, 3.05) is 13.1 Å². The first-order chi connectivity index (χ1) is 15.9. The van der Waals surface area contributed by atoms with Gasteiger partial charge < -0.3 is 15.5 Å². The number of aliphatic carboxylic acids is 2. The normalized spacial score (nSPS) is 17.0. The SMILES string of the molecule is CC1(CCNCCC(c2ccccc2)c2ccccc2)C=CC=CC1.O=C(O)/C=C/C(=O)O. The maximum absolute atomic E-state index is 9.55. The van der Waals surface area contributed by atoms with E-state index in [-0.39, 0.29) is 0 Å². The first-order valence-electron chi connectivity index (χ1n) is 11.2.